The van der Waals surface area contributed by atoms with Crippen LogP contribution in [0.2, 0.25) is 0 Å². The first-order valence-corrected chi connectivity index (χ1v) is 10.5. The molecule has 0 saturated carbocycles. The van der Waals surface area contributed by atoms with Crippen LogP contribution in [0.15, 0.2) is 28.7 Å². The van der Waals surface area contributed by atoms with E-state index in [9.17, 15) is 4.79 Å². The average molecular weight is 480 g/mol. The fourth-order valence-electron chi connectivity index (χ4n) is 2.68. The summed E-state index contributed by atoms with van der Waals surface area (Å²) in [5.74, 6) is -0.0115. The van der Waals surface area contributed by atoms with Gasteiger partial charge in [-0.1, -0.05) is 27.3 Å². The Morgan fingerprint density at radius 3 is 2.59 bits per heavy atom. The van der Waals surface area contributed by atoms with Crippen LogP contribution in [0.25, 0.3) is 10.2 Å². The summed E-state index contributed by atoms with van der Waals surface area (Å²) in [5.41, 5.74) is 1.04. The average Bonchev–Trinajstić information content (AvgIpc) is 3.12. The summed E-state index contributed by atoms with van der Waals surface area (Å²) in [5, 5.41) is 0.624. The van der Waals surface area contributed by atoms with Crippen LogP contribution in [0.1, 0.15) is 16.9 Å². The fraction of sp³-hybridized carbons (Fsp3) is 0.368. The van der Waals surface area contributed by atoms with Crippen molar-refractivity contribution in [2.45, 2.75) is 6.42 Å². The molecular formula is C19H22BrN5O3S. The third kappa shape index (κ3) is 5.20. The SMILES string of the molecule is COc1cc(C(=O)N(CCCN(C)C)c2nc3ccc(Br)cc3s2)nc(OC)n1. The van der Waals surface area contributed by atoms with E-state index in [1.165, 1.54) is 31.6 Å². The quantitative estimate of drug-likeness (QED) is 0.489. The van der Waals surface area contributed by atoms with Crippen LogP contribution < -0.4 is 14.4 Å². The monoisotopic (exact) mass is 479 g/mol. The first-order valence-electron chi connectivity index (χ1n) is 8.91. The number of amides is 1. The molecule has 2 aromatic heterocycles. The van der Waals surface area contributed by atoms with E-state index < -0.39 is 0 Å². The number of hydrogen-bond donors (Lipinski definition) is 0. The molecule has 1 aromatic carbocycles. The van der Waals surface area contributed by atoms with Gasteiger partial charge < -0.3 is 14.4 Å². The molecule has 1 amide bonds. The number of fused-ring (bicyclic) bond motifs is 1. The zero-order valence-electron chi connectivity index (χ0n) is 16.7. The van der Waals surface area contributed by atoms with Gasteiger partial charge in [0.1, 0.15) is 5.69 Å². The van der Waals surface area contributed by atoms with Gasteiger partial charge in [0.05, 0.1) is 24.4 Å². The van der Waals surface area contributed by atoms with Crippen LogP contribution in [0, 0.1) is 0 Å². The Bertz CT molecular complexity index is 988. The molecule has 29 heavy (non-hydrogen) atoms. The Hall–Kier alpha value is -2.30. The predicted molar refractivity (Wildman–Crippen MR) is 117 cm³/mol. The molecular weight excluding hydrogens is 458 g/mol. The van der Waals surface area contributed by atoms with Crippen molar-refractivity contribution in [2.24, 2.45) is 0 Å². The predicted octanol–water partition coefficient (Wildman–Crippen LogP) is 3.46. The van der Waals surface area contributed by atoms with Gasteiger partial charge in [-0.25, -0.2) is 4.98 Å². The maximum absolute atomic E-state index is 13.4. The topological polar surface area (TPSA) is 80.7 Å². The van der Waals surface area contributed by atoms with E-state index in [1.54, 1.807) is 4.90 Å². The van der Waals surface area contributed by atoms with Gasteiger partial charge in [-0.05, 0) is 45.3 Å². The summed E-state index contributed by atoms with van der Waals surface area (Å²) in [6.45, 7) is 1.35. The minimum Gasteiger partial charge on any atom is -0.481 e. The van der Waals surface area contributed by atoms with E-state index >= 15 is 0 Å². The Labute approximate surface area is 181 Å². The van der Waals surface area contributed by atoms with Gasteiger partial charge in [0.15, 0.2) is 5.13 Å². The number of hydrogen-bond acceptors (Lipinski definition) is 8. The second-order valence-corrected chi connectivity index (χ2v) is 8.43. The highest BCUT2D eigenvalue weighted by atomic mass is 79.9. The van der Waals surface area contributed by atoms with Gasteiger partial charge in [-0.3, -0.25) is 9.69 Å². The molecule has 0 unspecified atom stereocenters. The van der Waals surface area contributed by atoms with E-state index in [0.29, 0.717) is 11.7 Å². The zero-order chi connectivity index (χ0) is 21.0. The molecule has 0 spiro atoms. The Morgan fingerprint density at radius 2 is 1.90 bits per heavy atom. The van der Waals surface area contributed by atoms with Crippen molar-refractivity contribution in [3.8, 4) is 11.9 Å². The Kier molecular flexibility index (Phi) is 6.99. The molecule has 0 aliphatic carbocycles. The molecule has 0 fully saturated rings. The number of ether oxygens (including phenoxy) is 2. The van der Waals surface area contributed by atoms with Crippen molar-refractivity contribution in [1.29, 1.82) is 0 Å². The van der Waals surface area contributed by atoms with E-state index in [2.05, 4.69) is 35.8 Å². The Morgan fingerprint density at radius 1 is 1.10 bits per heavy atom. The van der Waals surface area contributed by atoms with Gasteiger partial charge in [-0.15, -0.1) is 0 Å². The number of halogens is 1. The molecule has 0 atom stereocenters. The molecule has 10 heteroatoms. The summed E-state index contributed by atoms with van der Waals surface area (Å²) in [6, 6.07) is 7.45. The lowest BCUT2D eigenvalue weighted by molar-refractivity contribution is 0.0979. The van der Waals surface area contributed by atoms with Crippen LogP contribution in [-0.2, 0) is 0 Å². The lowest BCUT2D eigenvalue weighted by atomic mass is 10.3. The van der Waals surface area contributed by atoms with Crippen molar-refractivity contribution >= 4 is 48.5 Å². The number of rotatable bonds is 8. The molecule has 3 rings (SSSR count). The van der Waals surface area contributed by atoms with Crippen LogP contribution in [0.4, 0.5) is 5.13 Å². The lowest BCUT2D eigenvalue weighted by Crippen LogP contribution is -2.34. The van der Waals surface area contributed by atoms with Crippen molar-refractivity contribution < 1.29 is 14.3 Å². The molecule has 0 N–H and O–H groups in total. The van der Waals surface area contributed by atoms with Crippen molar-refractivity contribution in [3.63, 3.8) is 0 Å². The minimum atomic E-state index is -0.277. The smallest absolute Gasteiger partial charge is 0.320 e. The number of anilines is 1. The first-order chi connectivity index (χ1) is 13.9. The van der Waals surface area contributed by atoms with Crippen molar-refractivity contribution in [2.75, 3.05) is 46.3 Å². The number of carbonyl (C=O) groups excluding carboxylic acids is 1. The molecule has 2 heterocycles. The number of carbonyl (C=O) groups is 1. The number of aromatic nitrogens is 3. The lowest BCUT2D eigenvalue weighted by Gasteiger charge is -2.20. The summed E-state index contributed by atoms with van der Waals surface area (Å²) in [6.07, 6.45) is 0.789. The number of methoxy groups -OCH3 is 2. The highest BCUT2D eigenvalue weighted by Gasteiger charge is 2.24. The maximum Gasteiger partial charge on any atom is 0.320 e. The largest absolute Gasteiger partial charge is 0.481 e. The fourth-order valence-corrected chi connectivity index (χ4v) is 4.22. The van der Waals surface area contributed by atoms with Gasteiger partial charge in [0.25, 0.3) is 5.91 Å². The standard InChI is InChI=1S/C19H22BrN5O3S/c1-24(2)8-5-9-25(19-22-13-7-6-12(20)10-15(13)29-19)17(26)14-11-16(27-3)23-18(21-14)28-4/h6-7,10-11H,5,8-9H2,1-4H3. The summed E-state index contributed by atoms with van der Waals surface area (Å²) >= 11 is 4.95. The minimum absolute atomic E-state index is 0.0779. The van der Waals surface area contributed by atoms with Crippen LogP contribution >= 0.6 is 27.3 Å². The molecule has 0 radical (unpaired) electrons. The molecule has 8 nitrogen and oxygen atoms in total. The molecule has 3 aromatic rings. The van der Waals surface area contributed by atoms with Gasteiger partial charge in [0.2, 0.25) is 5.88 Å². The number of nitrogens with zero attached hydrogens (tertiary/aromatic N) is 5. The first kappa shape index (κ1) is 21.4. The van der Waals surface area contributed by atoms with E-state index in [0.717, 1.165) is 27.7 Å². The van der Waals surface area contributed by atoms with Crippen molar-refractivity contribution in [3.05, 3.63) is 34.4 Å². The van der Waals surface area contributed by atoms with Gasteiger partial charge in [-0.2, -0.15) is 9.97 Å². The highest BCUT2D eigenvalue weighted by molar-refractivity contribution is 9.10. The number of benzene rings is 1. The molecule has 0 bridgehead atoms. The third-order valence-corrected chi connectivity index (χ3v) is 5.63. The maximum atomic E-state index is 13.4. The molecule has 0 aliphatic rings. The third-order valence-electron chi connectivity index (χ3n) is 4.10. The molecule has 154 valence electrons. The number of thiazole rings is 1. The van der Waals surface area contributed by atoms with Crippen molar-refractivity contribution in [1.82, 2.24) is 19.9 Å². The normalized spacial score (nSPS) is 11.1. The zero-order valence-corrected chi connectivity index (χ0v) is 19.1. The van der Waals surface area contributed by atoms with Gasteiger partial charge >= 0.3 is 6.01 Å². The van der Waals surface area contributed by atoms with Crippen LogP contribution in [-0.4, -0.2) is 67.2 Å². The summed E-state index contributed by atoms with van der Waals surface area (Å²) in [4.78, 5) is 30.0. The second kappa shape index (κ2) is 9.47. The van der Waals surface area contributed by atoms with E-state index in [1.807, 2.05) is 32.3 Å². The summed E-state index contributed by atoms with van der Waals surface area (Å²) in [7, 11) is 6.93. The van der Waals surface area contributed by atoms with E-state index in [-0.39, 0.29) is 23.5 Å². The summed E-state index contributed by atoms with van der Waals surface area (Å²) < 4.78 is 12.3. The molecule has 0 aliphatic heterocycles. The molecule has 0 saturated heterocycles. The van der Waals surface area contributed by atoms with Gasteiger partial charge in [0, 0.05) is 17.1 Å². The second-order valence-electron chi connectivity index (χ2n) is 6.50. The highest BCUT2D eigenvalue weighted by Crippen LogP contribution is 2.32. The Balaban J connectivity index is 1.98. The van der Waals surface area contributed by atoms with Crippen LogP contribution in [0.3, 0.4) is 0 Å². The van der Waals surface area contributed by atoms with Crippen LogP contribution in [0.5, 0.6) is 11.9 Å². The van der Waals surface area contributed by atoms with E-state index in [4.69, 9.17) is 9.47 Å².